The van der Waals surface area contributed by atoms with E-state index in [0.717, 1.165) is 0 Å². The predicted molar refractivity (Wildman–Crippen MR) is 127 cm³/mol. The van der Waals surface area contributed by atoms with Gasteiger partial charge in [-0.2, -0.15) is 0 Å². The number of amides is 1. The molecule has 1 fully saturated rings. The molecule has 196 valence electrons. The molecule has 1 amide bonds. The standard InChI is InChI=1S/C21H23N3O5.C4H4O4/c1-2-23(20(25)15-22-10-12-29-13-11-22)19-9-8-17(24(27)28)14-18(19)21(26)16-6-4-3-5-7-16;5-3(6)1-2-4(7)8/h3-9,14H,2,10-13,15H2,1H3;1-2H,(H,5,6)(H,7,8)/p-2/b;2-1-. The number of ether oxygens (including phenoxy) is 1. The van der Waals surface area contributed by atoms with Gasteiger partial charge in [-0.3, -0.25) is 24.6 Å². The maximum Gasteiger partial charge on any atom is 0.270 e. The summed E-state index contributed by atoms with van der Waals surface area (Å²) in [7, 11) is 0. The largest absolute Gasteiger partial charge is 0.545 e. The Labute approximate surface area is 212 Å². The quantitative estimate of drug-likeness (QED) is 0.186. The Morgan fingerprint density at radius 2 is 1.59 bits per heavy atom. The molecule has 2 aromatic carbocycles. The van der Waals surface area contributed by atoms with Gasteiger partial charge in [0.15, 0.2) is 5.78 Å². The van der Waals surface area contributed by atoms with Crippen LogP contribution < -0.4 is 15.1 Å². The molecule has 0 spiro atoms. The number of non-ortho nitro benzene ring substituents is 1. The lowest BCUT2D eigenvalue weighted by molar-refractivity contribution is -0.384. The van der Waals surface area contributed by atoms with E-state index in [2.05, 4.69) is 0 Å². The van der Waals surface area contributed by atoms with Crippen LogP contribution in [-0.4, -0.2) is 72.8 Å². The molecule has 0 aliphatic carbocycles. The van der Waals surface area contributed by atoms with Crippen molar-refractivity contribution >= 4 is 35.0 Å². The monoisotopic (exact) mass is 511 g/mol. The summed E-state index contributed by atoms with van der Waals surface area (Å²) in [5.74, 6) is -3.62. The molecule has 1 aliphatic heterocycles. The Kier molecular flexibility index (Phi) is 11.1. The number of hydrogen-bond donors (Lipinski definition) is 0. The summed E-state index contributed by atoms with van der Waals surface area (Å²) in [6.45, 7) is 4.85. The number of rotatable bonds is 9. The van der Waals surface area contributed by atoms with E-state index in [1.54, 1.807) is 30.3 Å². The molecule has 12 nitrogen and oxygen atoms in total. The highest BCUT2D eigenvalue weighted by atomic mass is 16.6. The van der Waals surface area contributed by atoms with E-state index in [1.807, 2.05) is 11.8 Å². The highest BCUT2D eigenvalue weighted by Crippen LogP contribution is 2.28. The Morgan fingerprint density at radius 1 is 1.00 bits per heavy atom. The zero-order valence-corrected chi connectivity index (χ0v) is 20.0. The second-order valence-electron chi connectivity index (χ2n) is 7.65. The second kappa shape index (κ2) is 14.2. The first-order valence-corrected chi connectivity index (χ1v) is 11.2. The number of carboxylic acids is 2. The van der Waals surface area contributed by atoms with Gasteiger partial charge in [-0.05, 0) is 25.1 Å². The number of nitro benzene ring substituents is 1. The van der Waals surface area contributed by atoms with E-state index < -0.39 is 16.9 Å². The van der Waals surface area contributed by atoms with Crippen LogP contribution in [0.3, 0.4) is 0 Å². The first-order chi connectivity index (χ1) is 17.6. The Morgan fingerprint density at radius 3 is 2.11 bits per heavy atom. The van der Waals surface area contributed by atoms with Crippen molar-refractivity contribution in [1.82, 2.24) is 4.90 Å². The Hall–Kier alpha value is -4.42. The number of nitro groups is 1. The molecule has 1 heterocycles. The number of carboxylic acid groups (broad SMARTS) is 2. The average Bonchev–Trinajstić information content (AvgIpc) is 2.89. The molecule has 0 bridgehead atoms. The minimum atomic E-state index is -1.55. The van der Waals surface area contributed by atoms with Crippen LogP contribution in [0, 0.1) is 10.1 Å². The molecule has 0 N–H and O–H groups in total. The van der Waals surface area contributed by atoms with Crippen molar-refractivity contribution in [1.29, 1.82) is 0 Å². The molecular formula is C25H25N3O9-2. The van der Waals surface area contributed by atoms with E-state index in [0.29, 0.717) is 56.3 Å². The van der Waals surface area contributed by atoms with Gasteiger partial charge < -0.3 is 29.4 Å². The molecule has 0 unspecified atom stereocenters. The molecule has 0 atom stereocenters. The number of likely N-dealkylation sites (N-methyl/N-ethyl adjacent to an activating group) is 1. The minimum absolute atomic E-state index is 0.141. The number of carbonyl (C=O) groups is 4. The lowest BCUT2D eigenvalue weighted by Gasteiger charge is -2.30. The van der Waals surface area contributed by atoms with Crippen LogP contribution >= 0.6 is 0 Å². The van der Waals surface area contributed by atoms with Gasteiger partial charge in [-0.1, -0.05) is 30.3 Å². The van der Waals surface area contributed by atoms with Gasteiger partial charge in [0.1, 0.15) is 0 Å². The third kappa shape index (κ3) is 8.94. The van der Waals surface area contributed by atoms with Crippen LogP contribution in [0.2, 0.25) is 0 Å². The number of morpholine rings is 1. The topological polar surface area (TPSA) is 173 Å². The van der Waals surface area contributed by atoms with Crippen LogP contribution in [-0.2, 0) is 19.1 Å². The molecule has 0 radical (unpaired) electrons. The summed E-state index contributed by atoms with van der Waals surface area (Å²) in [6.07, 6.45) is 0.769. The molecule has 12 heteroatoms. The summed E-state index contributed by atoms with van der Waals surface area (Å²) in [4.78, 5) is 59.1. The Balaban J connectivity index is 0.000000521. The zero-order valence-electron chi connectivity index (χ0n) is 20.0. The van der Waals surface area contributed by atoms with Gasteiger partial charge in [-0.15, -0.1) is 0 Å². The minimum Gasteiger partial charge on any atom is -0.545 e. The lowest BCUT2D eigenvalue weighted by atomic mass is 10.00. The van der Waals surface area contributed by atoms with Gasteiger partial charge >= 0.3 is 0 Å². The van der Waals surface area contributed by atoms with Gasteiger partial charge in [0.05, 0.1) is 47.9 Å². The molecule has 37 heavy (non-hydrogen) atoms. The van der Waals surface area contributed by atoms with E-state index in [1.165, 1.54) is 23.1 Å². The smallest absolute Gasteiger partial charge is 0.270 e. The van der Waals surface area contributed by atoms with Gasteiger partial charge in [0.2, 0.25) is 5.91 Å². The van der Waals surface area contributed by atoms with E-state index >= 15 is 0 Å². The lowest BCUT2D eigenvalue weighted by Crippen LogP contribution is -2.45. The molecule has 0 saturated carbocycles. The summed E-state index contributed by atoms with van der Waals surface area (Å²) < 4.78 is 5.31. The number of nitrogens with zero attached hydrogens (tertiary/aromatic N) is 3. The second-order valence-corrected chi connectivity index (χ2v) is 7.65. The molecule has 0 aromatic heterocycles. The summed E-state index contributed by atoms with van der Waals surface area (Å²) in [5, 5.41) is 30.1. The first-order valence-electron chi connectivity index (χ1n) is 11.2. The van der Waals surface area contributed by atoms with Crippen molar-refractivity contribution < 1.29 is 39.1 Å². The maximum absolute atomic E-state index is 13.1. The molecule has 1 aliphatic rings. The fraction of sp³-hybridized carbons (Fsp3) is 0.280. The number of anilines is 1. The number of carbonyl (C=O) groups excluding carboxylic acids is 4. The van der Waals surface area contributed by atoms with Gasteiger partial charge in [-0.25, -0.2) is 0 Å². The summed E-state index contributed by atoms with van der Waals surface area (Å²) >= 11 is 0. The van der Waals surface area contributed by atoms with Crippen molar-refractivity contribution in [2.75, 3.05) is 44.3 Å². The van der Waals surface area contributed by atoms with Crippen molar-refractivity contribution in [2.24, 2.45) is 0 Å². The highest BCUT2D eigenvalue weighted by Gasteiger charge is 2.25. The normalized spacial score (nSPS) is 13.3. The number of aliphatic carboxylic acids is 2. The molecule has 2 aromatic rings. The van der Waals surface area contributed by atoms with E-state index in [4.69, 9.17) is 4.74 Å². The molecule has 3 rings (SSSR count). The van der Waals surface area contributed by atoms with Crippen LogP contribution in [0.15, 0.2) is 60.7 Å². The number of benzene rings is 2. The fourth-order valence-electron chi connectivity index (χ4n) is 3.45. The number of ketones is 1. The van der Waals surface area contributed by atoms with Gasteiger partial charge in [0.25, 0.3) is 5.69 Å². The zero-order chi connectivity index (χ0) is 27.4. The van der Waals surface area contributed by atoms with Crippen molar-refractivity contribution in [3.8, 4) is 0 Å². The first kappa shape index (κ1) is 28.8. The van der Waals surface area contributed by atoms with Crippen molar-refractivity contribution in [2.45, 2.75) is 6.92 Å². The van der Waals surface area contributed by atoms with Crippen LogP contribution in [0.25, 0.3) is 0 Å². The average molecular weight is 511 g/mol. The predicted octanol–water partition coefficient (Wildman–Crippen LogP) is -0.447. The number of hydrogen-bond acceptors (Lipinski definition) is 10. The van der Waals surface area contributed by atoms with Crippen LogP contribution in [0.1, 0.15) is 22.8 Å². The highest BCUT2D eigenvalue weighted by molar-refractivity contribution is 6.14. The molecular weight excluding hydrogens is 486 g/mol. The SMILES string of the molecule is CCN(C(=O)CN1CCOCC1)c1ccc([N+](=O)[O-])cc1C(=O)c1ccccc1.O=C([O-])/C=C\C(=O)[O-]. The van der Waals surface area contributed by atoms with Crippen molar-refractivity contribution in [3.63, 3.8) is 0 Å². The summed E-state index contributed by atoms with van der Waals surface area (Å²) in [6, 6.07) is 12.6. The fourth-order valence-corrected chi connectivity index (χ4v) is 3.45. The maximum atomic E-state index is 13.1. The third-order valence-corrected chi connectivity index (χ3v) is 5.20. The van der Waals surface area contributed by atoms with Gasteiger partial charge in [0, 0.05) is 37.3 Å². The van der Waals surface area contributed by atoms with Crippen LogP contribution in [0.4, 0.5) is 11.4 Å². The summed E-state index contributed by atoms with van der Waals surface area (Å²) in [5.41, 5.74) is 0.739. The third-order valence-electron chi connectivity index (χ3n) is 5.20. The molecule has 1 saturated heterocycles. The van der Waals surface area contributed by atoms with Crippen molar-refractivity contribution in [3.05, 3.63) is 81.9 Å². The Bertz CT molecular complexity index is 1140. The van der Waals surface area contributed by atoms with Crippen LogP contribution in [0.5, 0.6) is 0 Å². The van der Waals surface area contributed by atoms with E-state index in [-0.39, 0.29) is 29.5 Å². The van der Waals surface area contributed by atoms with E-state index in [9.17, 15) is 39.5 Å².